The number of carbonyl (C=O) groups is 1. The number of nitro groups is 1. The number of aromatic nitrogens is 1. The fourth-order valence-corrected chi connectivity index (χ4v) is 2.27. The normalized spacial score (nSPS) is 10.2. The van der Waals surface area contributed by atoms with E-state index in [2.05, 4.69) is 10.3 Å². The molecule has 3 aromatic rings. The van der Waals surface area contributed by atoms with Crippen molar-refractivity contribution in [3.8, 4) is 0 Å². The first kappa shape index (κ1) is 15.4. The first-order valence-electron chi connectivity index (χ1n) is 7.21. The predicted octanol–water partition coefficient (Wildman–Crippen LogP) is 3.96. The minimum atomic E-state index is -0.506. The highest BCUT2D eigenvalue weighted by Gasteiger charge is 2.15. The summed E-state index contributed by atoms with van der Waals surface area (Å²) < 4.78 is 0. The van der Waals surface area contributed by atoms with Crippen LogP contribution in [-0.2, 0) is 0 Å². The lowest BCUT2D eigenvalue weighted by atomic mass is 10.0. The lowest BCUT2D eigenvalue weighted by Crippen LogP contribution is -2.03. The van der Waals surface area contributed by atoms with Crippen molar-refractivity contribution < 1.29 is 9.72 Å². The number of carbonyl (C=O) groups excluding carboxylic acids is 1. The molecule has 0 saturated heterocycles. The molecule has 3 rings (SSSR count). The Balaban J connectivity index is 1.89. The Labute approximate surface area is 137 Å². The largest absolute Gasteiger partial charge is 0.334 e. The predicted molar refractivity (Wildman–Crippen MR) is 90.5 cm³/mol. The third-order valence-electron chi connectivity index (χ3n) is 3.41. The highest BCUT2D eigenvalue weighted by Crippen LogP contribution is 2.25. The van der Waals surface area contributed by atoms with Gasteiger partial charge in [-0.15, -0.1) is 0 Å². The molecule has 1 N–H and O–H groups in total. The topological polar surface area (TPSA) is 85.1 Å². The standard InChI is InChI=1S/C18H13N3O3/c22-17(13-6-2-1-3-7-13)14-8-4-9-15(12-14)20-18-16(21(23)24)10-5-11-19-18/h1-12H,(H,19,20). The van der Waals surface area contributed by atoms with Gasteiger partial charge in [-0.05, 0) is 18.2 Å². The molecule has 0 amide bonds. The number of rotatable bonds is 5. The lowest BCUT2D eigenvalue weighted by molar-refractivity contribution is -0.384. The van der Waals surface area contributed by atoms with Crippen LogP contribution in [0.1, 0.15) is 15.9 Å². The lowest BCUT2D eigenvalue weighted by Gasteiger charge is -2.08. The van der Waals surface area contributed by atoms with Gasteiger partial charge in [0, 0.05) is 29.1 Å². The summed E-state index contributed by atoms with van der Waals surface area (Å²) in [4.78, 5) is 27.0. The van der Waals surface area contributed by atoms with Crippen molar-refractivity contribution in [1.29, 1.82) is 0 Å². The van der Waals surface area contributed by atoms with Gasteiger partial charge in [-0.2, -0.15) is 0 Å². The van der Waals surface area contributed by atoms with Gasteiger partial charge in [0.2, 0.25) is 5.82 Å². The van der Waals surface area contributed by atoms with E-state index in [4.69, 9.17) is 0 Å². The van der Waals surface area contributed by atoms with Gasteiger partial charge in [0.05, 0.1) is 4.92 Å². The maximum atomic E-state index is 12.5. The van der Waals surface area contributed by atoms with Crippen molar-refractivity contribution in [2.45, 2.75) is 0 Å². The molecular weight excluding hydrogens is 306 g/mol. The molecule has 0 spiro atoms. The molecule has 0 fully saturated rings. The first-order valence-corrected chi connectivity index (χ1v) is 7.21. The fraction of sp³-hybridized carbons (Fsp3) is 0. The molecule has 0 aliphatic heterocycles. The van der Waals surface area contributed by atoms with Crippen molar-refractivity contribution in [1.82, 2.24) is 4.98 Å². The second-order valence-corrected chi connectivity index (χ2v) is 5.03. The molecule has 6 heteroatoms. The number of hydrogen-bond donors (Lipinski definition) is 1. The fourth-order valence-electron chi connectivity index (χ4n) is 2.27. The van der Waals surface area contributed by atoms with Crippen LogP contribution in [0.2, 0.25) is 0 Å². The molecule has 2 aromatic carbocycles. The van der Waals surface area contributed by atoms with E-state index in [1.54, 1.807) is 48.5 Å². The Kier molecular flexibility index (Phi) is 4.29. The summed E-state index contributed by atoms with van der Waals surface area (Å²) in [5.74, 6) is 0.0154. The van der Waals surface area contributed by atoms with Gasteiger partial charge in [-0.1, -0.05) is 42.5 Å². The van der Waals surface area contributed by atoms with E-state index >= 15 is 0 Å². The van der Waals surface area contributed by atoms with Crippen LogP contribution in [0.15, 0.2) is 72.9 Å². The molecule has 24 heavy (non-hydrogen) atoms. The molecule has 118 valence electrons. The van der Waals surface area contributed by atoms with Crippen LogP contribution in [-0.4, -0.2) is 15.7 Å². The molecule has 0 radical (unpaired) electrons. The van der Waals surface area contributed by atoms with Gasteiger partial charge < -0.3 is 5.32 Å². The molecule has 0 aliphatic rings. The zero-order chi connectivity index (χ0) is 16.9. The van der Waals surface area contributed by atoms with Gasteiger partial charge in [0.1, 0.15) is 0 Å². The summed E-state index contributed by atoms with van der Waals surface area (Å²) in [6, 6.07) is 18.6. The van der Waals surface area contributed by atoms with E-state index in [1.165, 1.54) is 18.3 Å². The summed E-state index contributed by atoms with van der Waals surface area (Å²) in [5, 5.41) is 13.9. The van der Waals surface area contributed by atoms with Crippen molar-refractivity contribution in [3.05, 3.63) is 94.2 Å². The van der Waals surface area contributed by atoms with Crippen molar-refractivity contribution in [2.24, 2.45) is 0 Å². The maximum absolute atomic E-state index is 12.5. The Bertz CT molecular complexity index is 895. The van der Waals surface area contributed by atoms with Crippen LogP contribution in [0, 0.1) is 10.1 Å². The maximum Gasteiger partial charge on any atom is 0.311 e. The van der Waals surface area contributed by atoms with Gasteiger partial charge in [0.25, 0.3) is 0 Å². The van der Waals surface area contributed by atoms with Crippen molar-refractivity contribution in [3.63, 3.8) is 0 Å². The molecule has 0 aliphatic carbocycles. The van der Waals surface area contributed by atoms with E-state index in [9.17, 15) is 14.9 Å². The number of ketones is 1. The average Bonchev–Trinajstić information content (AvgIpc) is 2.62. The van der Waals surface area contributed by atoms with Gasteiger partial charge in [0.15, 0.2) is 5.78 Å². The van der Waals surface area contributed by atoms with E-state index in [0.717, 1.165) is 0 Å². The van der Waals surface area contributed by atoms with Gasteiger partial charge in [-0.3, -0.25) is 14.9 Å². The van der Waals surface area contributed by atoms with Crippen LogP contribution in [0.4, 0.5) is 17.2 Å². The Morgan fingerprint density at radius 1 is 0.958 bits per heavy atom. The Morgan fingerprint density at radius 3 is 2.46 bits per heavy atom. The molecule has 0 atom stereocenters. The number of benzene rings is 2. The van der Waals surface area contributed by atoms with Crippen molar-refractivity contribution in [2.75, 3.05) is 5.32 Å². The number of pyridine rings is 1. The summed E-state index contributed by atoms with van der Waals surface area (Å²) in [5.41, 5.74) is 1.50. The first-order chi connectivity index (χ1) is 11.6. The summed E-state index contributed by atoms with van der Waals surface area (Å²) in [6.07, 6.45) is 1.47. The van der Waals surface area contributed by atoms with E-state index < -0.39 is 4.92 Å². The molecule has 1 heterocycles. The third kappa shape index (κ3) is 3.27. The average molecular weight is 319 g/mol. The third-order valence-corrected chi connectivity index (χ3v) is 3.41. The van der Waals surface area contributed by atoms with Gasteiger partial charge in [-0.25, -0.2) is 4.98 Å². The minimum Gasteiger partial charge on any atom is -0.334 e. The Hall–Kier alpha value is -3.54. The van der Waals surface area contributed by atoms with Crippen LogP contribution in [0.25, 0.3) is 0 Å². The molecule has 0 unspecified atom stereocenters. The number of nitrogens with one attached hydrogen (secondary N) is 1. The van der Waals surface area contributed by atoms with E-state index in [1.807, 2.05) is 6.07 Å². The summed E-state index contributed by atoms with van der Waals surface area (Å²) in [7, 11) is 0. The van der Waals surface area contributed by atoms with E-state index in [-0.39, 0.29) is 17.3 Å². The second kappa shape index (κ2) is 6.70. The zero-order valence-electron chi connectivity index (χ0n) is 12.5. The van der Waals surface area contributed by atoms with Crippen molar-refractivity contribution >= 4 is 23.0 Å². The smallest absolute Gasteiger partial charge is 0.311 e. The van der Waals surface area contributed by atoms with E-state index in [0.29, 0.717) is 16.8 Å². The molecule has 0 bridgehead atoms. The highest BCUT2D eigenvalue weighted by atomic mass is 16.6. The monoisotopic (exact) mass is 319 g/mol. The quantitative estimate of drug-likeness (QED) is 0.437. The number of nitrogens with zero attached hydrogens (tertiary/aromatic N) is 2. The zero-order valence-corrected chi connectivity index (χ0v) is 12.5. The van der Waals surface area contributed by atoms with Crippen LogP contribution in [0.3, 0.4) is 0 Å². The minimum absolute atomic E-state index is 0.116. The van der Waals surface area contributed by atoms with Crippen LogP contribution >= 0.6 is 0 Å². The summed E-state index contributed by atoms with van der Waals surface area (Å²) in [6.45, 7) is 0. The van der Waals surface area contributed by atoms with Crippen LogP contribution < -0.4 is 5.32 Å². The highest BCUT2D eigenvalue weighted by molar-refractivity contribution is 6.09. The van der Waals surface area contributed by atoms with Crippen LogP contribution in [0.5, 0.6) is 0 Å². The summed E-state index contributed by atoms with van der Waals surface area (Å²) >= 11 is 0. The van der Waals surface area contributed by atoms with Gasteiger partial charge >= 0.3 is 5.69 Å². The molecular formula is C18H13N3O3. The molecule has 1 aromatic heterocycles. The number of hydrogen-bond acceptors (Lipinski definition) is 5. The number of anilines is 2. The molecule has 0 saturated carbocycles. The SMILES string of the molecule is O=C(c1ccccc1)c1cccc(Nc2ncccc2[N+](=O)[O-])c1. The Morgan fingerprint density at radius 2 is 1.71 bits per heavy atom. The second-order valence-electron chi connectivity index (χ2n) is 5.03. The molecule has 6 nitrogen and oxygen atoms in total.